The number of phenolic OH excluding ortho intramolecular Hbond substituents is 1. The fourth-order valence-corrected chi connectivity index (χ4v) is 1.64. The van der Waals surface area contributed by atoms with Gasteiger partial charge in [-0.2, -0.15) is 0 Å². The molecule has 0 aliphatic carbocycles. The van der Waals surface area contributed by atoms with Gasteiger partial charge in [-0.25, -0.2) is 0 Å². The first-order chi connectivity index (χ1) is 8.61. The van der Waals surface area contributed by atoms with E-state index in [0.717, 1.165) is 12.8 Å². The Labute approximate surface area is 107 Å². The van der Waals surface area contributed by atoms with Crippen molar-refractivity contribution in [1.82, 2.24) is 4.90 Å². The second-order valence-electron chi connectivity index (χ2n) is 4.01. The van der Waals surface area contributed by atoms with E-state index in [2.05, 4.69) is 6.58 Å². The van der Waals surface area contributed by atoms with Crippen molar-refractivity contribution in [3.63, 3.8) is 0 Å². The summed E-state index contributed by atoms with van der Waals surface area (Å²) in [5, 5.41) is 9.89. The molecule has 0 spiro atoms. The third kappa shape index (κ3) is 3.26. The number of carbonyl (C=O) groups is 1. The van der Waals surface area contributed by atoms with Crippen LogP contribution in [-0.4, -0.2) is 36.6 Å². The average Bonchev–Trinajstić information content (AvgIpc) is 2.38. The fourth-order valence-electron chi connectivity index (χ4n) is 1.64. The first-order valence-electron chi connectivity index (χ1n) is 5.84. The number of hydrogen-bond acceptors (Lipinski definition) is 3. The second kappa shape index (κ2) is 6.69. The third-order valence-electron chi connectivity index (χ3n) is 2.70. The van der Waals surface area contributed by atoms with Gasteiger partial charge >= 0.3 is 0 Å². The highest BCUT2D eigenvalue weighted by Gasteiger charge is 2.17. The van der Waals surface area contributed by atoms with Crippen molar-refractivity contribution in [2.24, 2.45) is 0 Å². The number of benzene rings is 1. The molecule has 0 aliphatic rings. The molecule has 4 nitrogen and oxygen atoms in total. The van der Waals surface area contributed by atoms with E-state index in [-0.39, 0.29) is 17.2 Å². The lowest BCUT2D eigenvalue weighted by Gasteiger charge is -2.18. The Kier molecular flexibility index (Phi) is 5.24. The number of carbonyl (C=O) groups excluding carboxylic acids is 1. The summed E-state index contributed by atoms with van der Waals surface area (Å²) in [5.41, 5.74) is 0.260. The summed E-state index contributed by atoms with van der Waals surface area (Å²) in [4.78, 5) is 13.7. The predicted molar refractivity (Wildman–Crippen MR) is 71.1 cm³/mol. The molecule has 0 saturated heterocycles. The molecule has 1 aromatic carbocycles. The molecule has 1 rings (SSSR count). The second-order valence-corrected chi connectivity index (χ2v) is 4.01. The molecule has 1 aromatic rings. The molecule has 1 amide bonds. The van der Waals surface area contributed by atoms with E-state index < -0.39 is 0 Å². The maximum Gasteiger partial charge on any atom is 0.257 e. The maximum atomic E-state index is 12.1. The summed E-state index contributed by atoms with van der Waals surface area (Å²) in [6, 6.07) is 4.89. The van der Waals surface area contributed by atoms with Gasteiger partial charge < -0.3 is 14.7 Å². The van der Waals surface area contributed by atoms with E-state index in [1.807, 2.05) is 6.08 Å². The number of methoxy groups -OCH3 is 1. The van der Waals surface area contributed by atoms with Gasteiger partial charge in [0.25, 0.3) is 5.91 Å². The average molecular weight is 249 g/mol. The van der Waals surface area contributed by atoms with Crippen molar-refractivity contribution >= 4 is 5.91 Å². The van der Waals surface area contributed by atoms with Crippen LogP contribution in [0, 0.1) is 0 Å². The van der Waals surface area contributed by atoms with Gasteiger partial charge in [0.1, 0.15) is 0 Å². The van der Waals surface area contributed by atoms with Crippen molar-refractivity contribution in [1.29, 1.82) is 0 Å². The van der Waals surface area contributed by atoms with Gasteiger partial charge in [0.2, 0.25) is 0 Å². The van der Waals surface area contributed by atoms with Gasteiger partial charge in [-0.3, -0.25) is 4.79 Å². The largest absolute Gasteiger partial charge is 0.504 e. The fraction of sp³-hybridized carbons (Fsp3) is 0.357. The van der Waals surface area contributed by atoms with Crippen LogP contribution < -0.4 is 4.74 Å². The lowest BCUT2D eigenvalue weighted by molar-refractivity contribution is 0.0790. The summed E-state index contributed by atoms with van der Waals surface area (Å²) < 4.78 is 4.98. The quantitative estimate of drug-likeness (QED) is 0.622. The Morgan fingerprint density at radius 1 is 1.56 bits per heavy atom. The van der Waals surface area contributed by atoms with Crippen LogP contribution >= 0.6 is 0 Å². The molecule has 0 bridgehead atoms. The molecule has 0 aliphatic heterocycles. The SMILES string of the molecule is C=CCCCN(C)C(=O)c1cccc(OC)c1O. The number of para-hydroxylation sites is 1. The molecule has 0 radical (unpaired) electrons. The Balaban J connectivity index is 2.80. The van der Waals surface area contributed by atoms with Crippen LogP contribution in [0.15, 0.2) is 30.9 Å². The number of nitrogens with zero attached hydrogens (tertiary/aromatic N) is 1. The van der Waals surface area contributed by atoms with Crippen molar-refractivity contribution in [3.8, 4) is 11.5 Å². The van der Waals surface area contributed by atoms with Gasteiger partial charge in [0.05, 0.1) is 12.7 Å². The Hall–Kier alpha value is -1.97. The van der Waals surface area contributed by atoms with Crippen LogP contribution in [-0.2, 0) is 0 Å². The van der Waals surface area contributed by atoms with E-state index >= 15 is 0 Å². The monoisotopic (exact) mass is 249 g/mol. The van der Waals surface area contributed by atoms with E-state index in [1.54, 1.807) is 30.1 Å². The van der Waals surface area contributed by atoms with Crippen molar-refractivity contribution in [2.45, 2.75) is 12.8 Å². The zero-order valence-corrected chi connectivity index (χ0v) is 10.8. The summed E-state index contributed by atoms with van der Waals surface area (Å²) in [5.74, 6) is -0.0172. The highest BCUT2D eigenvalue weighted by atomic mass is 16.5. The summed E-state index contributed by atoms with van der Waals surface area (Å²) in [6.07, 6.45) is 3.54. The van der Waals surface area contributed by atoms with Crippen LogP contribution in [0.3, 0.4) is 0 Å². The maximum absolute atomic E-state index is 12.1. The van der Waals surface area contributed by atoms with Crippen molar-refractivity contribution < 1.29 is 14.6 Å². The number of aromatic hydroxyl groups is 1. The van der Waals surface area contributed by atoms with Crippen LogP contribution in [0.25, 0.3) is 0 Å². The van der Waals surface area contributed by atoms with E-state index in [9.17, 15) is 9.90 Å². The van der Waals surface area contributed by atoms with Crippen LogP contribution in [0.4, 0.5) is 0 Å². The van der Waals surface area contributed by atoms with Crippen molar-refractivity contribution in [3.05, 3.63) is 36.4 Å². The Morgan fingerprint density at radius 2 is 2.28 bits per heavy atom. The molecule has 0 fully saturated rings. The van der Waals surface area contributed by atoms with E-state index in [1.165, 1.54) is 7.11 Å². The van der Waals surface area contributed by atoms with Gasteiger partial charge in [0.15, 0.2) is 11.5 Å². The predicted octanol–water partition coefficient (Wildman–Crippen LogP) is 2.44. The smallest absolute Gasteiger partial charge is 0.257 e. The Bertz CT molecular complexity index is 429. The zero-order valence-electron chi connectivity index (χ0n) is 10.8. The molecule has 0 aromatic heterocycles. The van der Waals surface area contributed by atoms with Gasteiger partial charge in [-0.05, 0) is 25.0 Å². The molecular weight excluding hydrogens is 230 g/mol. The lowest BCUT2D eigenvalue weighted by atomic mass is 10.1. The van der Waals surface area contributed by atoms with Crippen LogP contribution in [0.5, 0.6) is 11.5 Å². The van der Waals surface area contributed by atoms with Crippen molar-refractivity contribution in [2.75, 3.05) is 20.7 Å². The van der Waals surface area contributed by atoms with Gasteiger partial charge in [0, 0.05) is 13.6 Å². The number of ether oxygens (including phenoxy) is 1. The highest BCUT2D eigenvalue weighted by molar-refractivity contribution is 5.97. The molecule has 0 atom stereocenters. The number of amides is 1. The first-order valence-corrected chi connectivity index (χ1v) is 5.84. The summed E-state index contributed by atoms with van der Waals surface area (Å²) in [7, 11) is 3.17. The summed E-state index contributed by atoms with van der Waals surface area (Å²) >= 11 is 0. The molecule has 18 heavy (non-hydrogen) atoms. The number of rotatable bonds is 6. The molecule has 0 saturated carbocycles. The van der Waals surface area contributed by atoms with Gasteiger partial charge in [-0.15, -0.1) is 6.58 Å². The lowest BCUT2D eigenvalue weighted by Crippen LogP contribution is -2.27. The van der Waals surface area contributed by atoms with Gasteiger partial charge in [-0.1, -0.05) is 12.1 Å². The van der Waals surface area contributed by atoms with Crippen LogP contribution in [0.2, 0.25) is 0 Å². The molecule has 4 heteroatoms. The number of allylic oxidation sites excluding steroid dienone is 1. The highest BCUT2D eigenvalue weighted by Crippen LogP contribution is 2.29. The molecule has 1 N–H and O–H groups in total. The van der Waals surface area contributed by atoms with Crippen LogP contribution in [0.1, 0.15) is 23.2 Å². The molecule has 0 heterocycles. The molecular formula is C14H19NO3. The minimum absolute atomic E-state index is 0.111. The standard InChI is InChI=1S/C14H19NO3/c1-4-5-6-10-15(2)14(17)11-8-7-9-12(18-3)13(11)16/h4,7-9,16H,1,5-6,10H2,2-3H3. The number of unbranched alkanes of at least 4 members (excludes halogenated alkanes) is 1. The topological polar surface area (TPSA) is 49.8 Å². The first kappa shape index (κ1) is 14.1. The Morgan fingerprint density at radius 3 is 2.89 bits per heavy atom. The number of phenols is 1. The zero-order chi connectivity index (χ0) is 13.5. The molecule has 98 valence electrons. The van der Waals surface area contributed by atoms with E-state index in [0.29, 0.717) is 12.3 Å². The third-order valence-corrected chi connectivity index (χ3v) is 2.70. The summed E-state index contributed by atoms with van der Waals surface area (Å²) in [6.45, 7) is 4.26. The molecule has 0 unspecified atom stereocenters. The van der Waals surface area contributed by atoms with E-state index in [4.69, 9.17) is 4.74 Å². The normalized spacial score (nSPS) is 9.89. The number of hydrogen-bond donors (Lipinski definition) is 1. The minimum atomic E-state index is -0.213. The minimum Gasteiger partial charge on any atom is -0.504 e.